The molecular formula is C11H11BrN2O3. The van der Waals surface area contributed by atoms with Gasteiger partial charge in [0.1, 0.15) is 17.8 Å². The van der Waals surface area contributed by atoms with Gasteiger partial charge in [0.05, 0.1) is 6.54 Å². The van der Waals surface area contributed by atoms with Crippen LogP contribution in [-0.2, 0) is 4.74 Å². The Morgan fingerprint density at radius 2 is 2.53 bits per heavy atom. The van der Waals surface area contributed by atoms with E-state index in [0.29, 0.717) is 29.3 Å². The van der Waals surface area contributed by atoms with Crippen LogP contribution in [0.15, 0.2) is 29.4 Å². The lowest BCUT2D eigenvalue weighted by Crippen LogP contribution is -2.39. The van der Waals surface area contributed by atoms with E-state index in [9.17, 15) is 4.79 Å². The summed E-state index contributed by atoms with van der Waals surface area (Å²) >= 11 is 3.26. The number of fused-ring (bicyclic) bond motifs is 1. The molecule has 1 aromatic heterocycles. The molecule has 0 N–H and O–H groups in total. The highest BCUT2D eigenvalue weighted by Gasteiger charge is 2.26. The molecule has 17 heavy (non-hydrogen) atoms. The van der Waals surface area contributed by atoms with Crippen molar-refractivity contribution < 1.29 is 14.3 Å². The third-order valence-electron chi connectivity index (χ3n) is 2.18. The minimum absolute atomic E-state index is 0.180. The smallest absolute Gasteiger partial charge is 0.416 e. The topological polar surface area (TPSA) is 51.7 Å². The van der Waals surface area contributed by atoms with Crippen LogP contribution in [0.2, 0.25) is 0 Å². The van der Waals surface area contributed by atoms with Crippen molar-refractivity contribution in [3.63, 3.8) is 0 Å². The van der Waals surface area contributed by atoms with Crippen molar-refractivity contribution in [2.75, 3.05) is 24.7 Å². The van der Waals surface area contributed by atoms with E-state index in [1.54, 1.807) is 12.1 Å². The maximum Gasteiger partial charge on any atom is 0.416 e. The second kappa shape index (κ2) is 5.18. The quantitative estimate of drug-likeness (QED) is 0.621. The highest BCUT2D eigenvalue weighted by molar-refractivity contribution is 9.10. The fraction of sp³-hybridized carbons (Fsp3) is 0.273. The van der Waals surface area contributed by atoms with Gasteiger partial charge in [-0.15, -0.1) is 0 Å². The number of hydrogen-bond donors (Lipinski definition) is 0. The Hall–Kier alpha value is -1.56. The second-order valence-corrected chi connectivity index (χ2v) is 4.13. The van der Waals surface area contributed by atoms with Crippen LogP contribution in [0.4, 0.5) is 10.6 Å². The highest BCUT2D eigenvalue weighted by atomic mass is 79.9. The summed E-state index contributed by atoms with van der Waals surface area (Å²) < 4.78 is 11.0. The molecule has 90 valence electrons. The van der Waals surface area contributed by atoms with Crippen LogP contribution in [0.1, 0.15) is 0 Å². The average molecular weight is 299 g/mol. The molecule has 0 radical (unpaired) electrons. The summed E-state index contributed by atoms with van der Waals surface area (Å²) in [5, 5.41) is 0. The number of aromatic nitrogens is 1. The van der Waals surface area contributed by atoms with Crippen LogP contribution in [0.5, 0.6) is 5.75 Å². The molecule has 2 rings (SSSR count). The van der Waals surface area contributed by atoms with E-state index in [1.165, 1.54) is 11.0 Å². The summed E-state index contributed by atoms with van der Waals surface area (Å²) in [5.41, 5.74) is 0. The zero-order valence-electron chi connectivity index (χ0n) is 9.06. The van der Waals surface area contributed by atoms with Crippen LogP contribution >= 0.6 is 15.9 Å². The van der Waals surface area contributed by atoms with Gasteiger partial charge in [-0.05, 0) is 28.1 Å². The molecule has 1 aromatic rings. The summed E-state index contributed by atoms with van der Waals surface area (Å²) in [6.07, 6.45) is 1.08. The standard InChI is InChI=1S/C11H11BrN2O3/c1-2-6-17-11(15)14-5-7-16-8-3-4-9(12)13-10(8)14/h2-4H,1,5-7H2. The fourth-order valence-corrected chi connectivity index (χ4v) is 1.76. The Kier molecular flexibility index (Phi) is 3.63. The normalized spacial score (nSPS) is 13.6. The minimum Gasteiger partial charge on any atom is -0.488 e. The molecule has 0 saturated carbocycles. The third-order valence-corrected chi connectivity index (χ3v) is 2.62. The van der Waals surface area contributed by atoms with Gasteiger partial charge in [-0.3, -0.25) is 4.90 Å². The van der Waals surface area contributed by atoms with Crippen molar-refractivity contribution >= 4 is 27.8 Å². The Morgan fingerprint density at radius 1 is 1.71 bits per heavy atom. The molecule has 0 aliphatic carbocycles. The average Bonchev–Trinajstić information content (AvgIpc) is 2.35. The predicted molar refractivity (Wildman–Crippen MR) is 66.3 cm³/mol. The monoisotopic (exact) mass is 298 g/mol. The molecule has 0 atom stereocenters. The Balaban J connectivity index is 2.24. The number of hydrogen-bond acceptors (Lipinski definition) is 4. The molecule has 1 amide bonds. The molecule has 0 fully saturated rings. The summed E-state index contributed by atoms with van der Waals surface area (Å²) in [6, 6.07) is 3.52. The number of carbonyl (C=O) groups excluding carboxylic acids is 1. The van der Waals surface area contributed by atoms with E-state index < -0.39 is 6.09 Å². The first-order valence-electron chi connectivity index (χ1n) is 5.07. The Bertz CT molecular complexity index is 450. The van der Waals surface area contributed by atoms with Gasteiger partial charge in [-0.25, -0.2) is 9.78 Å². The predicted octanol–water partition coefficient (Wildman–Crippen LogP) is 2.37. The van der Waals surface area contributed by atoms with Crippen LogP contribution in [0.25, 0.3) is 0 Å². The van der Waals surface area contributed by atoms with E-state index >= 15 is 0 Å². The van der Waals surface area contributed by atoms with Crippen molar-refractivity contribution in [1.29, 1.82) is 0 Å². The van der Waals surface area contributed by atoms with E-state index in [0.717, 1.165) is 0 Å². The number of anilines is 1. The molecule has 1 aliphatic heterocycles. The first-order chi connectivity index (χ1) is 8.22. The van der Waals surface area contributed by atoms with Crippen LogP contribution < -0.4 is 9.64 Å². The number of amides is 1. The molecular weight excluding hydrogens is 288 g/mol. The molecule has 1 aliphatic rings. The number of pyridine rings is 1. The van der Waals surface area contributed by atoms with Gasteiger partial charge in [0, 0.05) is 0 Å². The third kappa shape index (κ3) is 2.58. The van der Waals surface area contributed by atoms with E-state index in [4.69, 9.17) is 9.47 Å². The van der Waals surface area contributed by atoms with Crippen LogP contribution in [0, 0.1) is 0 Å². The first kappa shape index (κ1) is 11.9. The molecule has 2 heterocycles. The summed E-state index contributed by atoms with van der Waals surface area (Å²) in [5.74, 6) is 1.05. The number of halogens is 1. The van der Waals surface area contributed by atoms with Gasteiger partial charge in [-0.2, -0.15) is 0 Å². The molecule has 6 heteroatoms. The molecule has 0 bridgehead atoms. The SMILES string of the molecule is C=CCOC(=O)N1CCOc2ccc(Br)nc21. The maximum atomic E-state index is 11.8. The largest absolute Gasteiger partial charge is 0.488 e. The maximum absolute atomic E-state index is 11.8. The van der Waals surface area contributed by atoms with Gasteiger partial charge in [0.25, 0.3) is 0 Å². The van der Waals surface area contributed by atoms with Crippen molar-refractivity contribution in [2.24, 2.45) is 0 Å². The Morgan fingerprint density at radius 3 is 3.29 bits per heavy atom. The minimum atomic E-state index is -0.444. The van der Waals surface area contributed by atoms with E-state index in [1.807, 2.05) is 0 Å². The van der Waals surface area contributed by atoms with Gasteiger partial charge in [0.15, 0.2) is 11.6 Å². The summed E-state index contributed by atoms with van der Waals surface area (Å²) in [7, 11) is 0. The van der Waals surface area contributed by atoms with Gasteiger partial charge in [-0.1, -0.05) is 12.7 Å². The number of nitrogens with zero attached hydrogens (tertiary/aromatic N) is 2. The van der Waals surface area contributed by atoms with Crippen LogP contribution in [-0.4, -0.2) is 30.8 Å². The van der Waals surface area contributed by atoms with Gasteiger partial charge >= 0.3 is 6.09 Å². The van der Waals surface area contributed by atoms with Crippen molar-refractivity contribution in [3.05, 3.63) is 29.4 Å². The lowest BCUT2D eigenvalue weighted by atomic mass is 10.3. The number of ether oxygens (including phenoxy) is 2. The zero-order valence-corrected chi connectivity index (χ0v) is 10.6. The number of rotatable bonds is 2. The summed E-state index contributed by atoms with van der Waals surface area (Å²) in [4.78, 5) is 17.4. The van der Waals surface area contributed by atoms with Crippen LogP contribution in [0.3, 0.4) is 0 Å². The second-order valence-electron chi connectivity index (χ2n) is 3.32. The molecule has 5 nitrogen and oxygen atoms in total. The summed E-state index contributed by atoms with van der Waals surface area (Å²) in [6.45, 7) is 4.53. The fourth-order valence-electron chi connectivity index (χ4n) is 1.46. The van der Waals surface area contributed by atoms with Gasteiger partial charge in [0.2, 0.25) is 0 Å². The van der Waals surface area contributed by atoms with Gasteiger partial charge < -0.3 is 9.47 Å². The lowest BCUT2D eigenvalue weighted by Gasteiger charge is -2.27. The highest BCUT2D eigenvalue weighted by Crippen LogP contribution is 2.31. The molecule has 0 unspecified atom stereocenters. The van der Waals surface area contributed by atoms with Crippen molar-refractivity contribution in [1.82, 2.24) is 4.98 Å². The number of carbonyl (C=O) groups is 1. The molecule has 0 spiro atoms. The lowest BCUT2D eigenvalue weighted by molar-refractivity contribution is 0.162. The van der Waals surface area contributed by atoms with E-state index in [-0.39, 0.29) is 6.61 Å². The zero-order chi connectivity index (χ0) is 12.3. The first-order valence-corrected chi connectivity index (χ1v) is 5.86. The van der Waals surface area contributed by atoms with E-state index in [2.05, 4.69) is 27.5 Å². The van der Waals surface area contributed by atoms with Crippen molar-refractivity contribution in [3.8, 4) is 5.75 Å². The molecule has 0 saturated heterocycles. The molecule has 0 aromatic carbocycles. The Labute approximate surface area is 107 Å². The van der Waals surface area contributed by atoms with Crippen molar-refractivity contribution in [2.45, 2.75) is 0 Å².